The van der Waals surface area contributed by atoms with Gasteiger partial charge in [-0.25, -0.2) is 5.48 Å². The maximum Gasteiger partial charge on any atom is 0.0940 e. The highest BCUT2D eigenvalue weighted by Crippen LogP contribution is 2.27. The van der Waals surface area contributed by atoms with Crippen LogP contribution in [0.3, 0.4) is 0 Å². The minimum atomic E-state index is -0.420. The Labute approximate surface area is 169 Å². The molecule has 0 fully saturated rings. The Morgan fingerprint density at radius 1 is 0.593 bits per heavy atom. The fraction of sp³-hybridized carbons (Fsp3) is 1.00. The van der Waals surface area contributed by atoms with Crippen molar-refractivity contribution < 1.29 is 15.1 Å². The van der Waals surface area contributed by atoms with E-state index in [-0.39, 0.29) is 13.2 Å². The first kappa shape index (κ1) is 26.8. The average Bonchev–Trinajstić information content (AvgIpc) is 2.66. The first-order chi connectivity index (χ1) is 13.2. The van der Waals surface area contributed by atoms with Gasteiger partial charge in [0, 0.05) is 32.6 Å². The van der Waals surface area contributed by atoms with E-state index in [1.165, 1.54) is 77.0 Å². The molecule has 27 heavy (non-hydrogen) atoms. The molecule has 3 N–H and O–H groups in total. The van der Waals surface area contributed by atoms with Crippen LogP contribution in [0.5, 0.6) is 0 Å². The Morgan fingerprint density at radius 3 is 1.44 bits per heavy atom. The molecule has 0 heterocycles. The van der Waals surface area contributed by atoms with Crippen LogP contribution in [0, 0.1) is 0 Å². The van der Waals surface area contributed by atoms with Crippen LogP contribution in [0.2, 0.25) is 0 Å². The van der Waals surface area contributed by atoms with Crippen LogP contribution in [0.4, 0.5) is 0 Å². The summed E-state index contributed by atoms with van der Waals surface area (Å²) in [6.45, 7) is 5.38. The zero-order valence-corrected chi connectivity index (χ0v) is 18.4. The van der Waals surface area contributed by atoms with Crippen molar-refractivity contribution in [2.45, 2.75) is 129 Å². The Bertz CT molecular complexity index is 281. The molecule has 0 aromatic heterocycles. The SMILES string of the molecule is CCCCCCCCCCCCCCCC(CCO)(CCO)ONCCC. The third-order valence-electron chi connectivity index (χ3n) is 5.51. The summed E-state index contributed by atoms with van der Waals surface area (Å²) in [5.74, 6) is 0. The Kier molecular flexibility index (Phi) is 20.4. The summed E-state index contributed by atoms with van der Waals surface area (Å²) in [5, 5.41) is 18.8. The number of hydrogen-bond donors (Lipinski definition) is 3. The van der Waals surface area contributed by atoms with Crippen LogP contribution in [-0.4, -0.2) is 35.6 Å². The van der Waals surface area contributed by atoms with Crippen LogP contribution < -0.4 is 5.48 Å². The zero-order chi connectivity index (χ0) is 20.1. The van der Waals surface area contributed by atoms with E-state index >= 15 is 0 Å². The van der Waals surface area contributed by atoms with Gasteiger partial charge in [0.1, 0.15) is 0 Å². The molecule has 0 aliphatic carbocycles. The van der Waals surface area contributed by atoms with Crippen molar-refractivity contribution in [2.75, 3.05) is 19.8 Å². The van der Waals surface area contributed by atoms with Crippen molar-refractivity contribution in [1.82, 2.24) is 5.48 Å². The van der Waals surface area contributed by atoms with E-state index in [0.717, 1.165) is 25.8 Å². The molecule has 0 spiro atoms. The smallest absolute Gasteiger partial charge is 0.0940 e. The average molecular weight is 388 g/mol. The van der Waals surface area contributed by atoms with Gasteiger partial charge in [-0.1, -0.05) is 97.3 Å². The van der Waals surface area contributed by atoms with Gasteiger partial charge in [-0.3, -0.25) is 4.84 Å². The predicted octanol–water partition coefficient (Wildman–Crippen LogP) is 5.90. The molecule has 0 saturated carbocycles. The molecule has 0 aromatic carbocycles. The number of unbranched alkanes of at least 4 members (excludes halogenated alkanes) is 12. The minimum absolute atomic E-state index is 0.103. The van der Waals surface area contributed by atoms with E-state index in [2.05, 4.69) is 19.3 Å². The van der Waals surface area contributed by atoms with E-state index in [4.69, 9.17) is 4.84 Å². The van der Waals surface area contributed by atoms with Crippen molar-refractivity contribution in [1.29, 1.82) is 0 Å². The maximum atomic E-state index is 9.40. The quantitative estimate of drug-likeness (QED) is 0.160. The summed E-state index contributed by atoms with van der Waals surface area (Å²) >= 11 is 0. The molecule has 0 amide bonds. The second-order valence-electron chi connectivity index (χ2n) is 8.12. The van der Waals surface area contributed by atoms with Crippen LogP contribution in [0.1, 0.15) is 123 Å². The summed E-state index contributed by atoms with van der Waals surface area (Å²) in [6.07, 6.45) is 20.6. The Balaban J connectivity index is 3.72. The van der Waals surface area contributed by atoms with Gasteiger partial charge in [0.05, 0.1) is 5.60 Å². The third-order valence-corrected chi connectivity index (χ3v) is 5.51. The highest BCUT2D eigenvalue weighted by Gasteiger charge is 2.30. The van der Waals surface area contributed by atoms with Gasteiger partial charge < -0.3 is 10.2 Å². The lowest BCUT2D eigenvalue weighted by Gasteiger charge is -2.32. The number of aliphatic hydroxyl groups excluding tert-OH is 2. The molecule has 4 heteroatoms. The fourth-order valence-electron chi connectivity index (χ4n) is 3.71. The van der Waals surface area contributed by atoms with Crippen LogP contribution in [-0.2, 0) is 4.84 Å². The largest absolute Gasteiger partial charge is 0.396 e. The van der Waals surface area contributed by atoms with Crippen molar-refractivity contribution >= 4 is 0 Å². The predicted molar refractivity (Wildman–Crippen MR) is 116 cm³/mol. The highest BCUT2D eigenvalue weighted by molar-refractivity contribution is 4.80. The maximum absolute atomic E-state index is 9.40. The van der Waals surface area contributed by atoms with Crippen molar-refractivity contribution in [3.8, 4) is 0 Å². The van der Waals surface area contributed by atoms with Crippen molar-refractivity contribution in [3.05, 3.63) is 0 Å². The number of hydrogen-bond acceptors (Lipinski definition) is 4. The second kappa shape index (κ2) is 20.6. The Hall–Kier alpha value is -0.160. The summed E-state index contributed by atoms with van der Waals surface area (Å²) in [7, 11) is 0. The lowest BCUT2D eigenvalue weighted by Crippen LogP contribution is -2.40. The molecule has 0 bridgehead atoms. The molecule has 0 aliphatic heterocycles. The molecule has 0 unspecified atom stereocenters. The van der Waals surface area contributed by atoms with E-state index in [0.29, 0.717) is 12.8 Å². The summed E-state index contributed by atoms with van der Waals surface area (Å²) < 4.78 is 0. The van der Waals surface area contributed by atoms with Gasteiger partial charge in [0.2, 0.25) is 0 Å². The van der Waals surface area contributed by atoms with E-state index in [1.54, 1.807) is 0 Å². The normalized spacial score (nSPS) is 12.0. The van der Waals surface area contributed by atoms with E-state index in [9.17, 15) is 10.2 Å². The van der Waals surface area contributed by atoms with Gasteiger partial charge in [0.25, 0.3) is 0 Å². The molecule has 164 valence electrons. The fourth-order valence-corrected chi connectivity index (χ4v) is 3.71. The molecule has 0 atom stereocenters. The van der Waals surface area contributed by atoms with Gasteiger partial charge in [-0.2, -0.15) is 0 Å². The number of rotatable bonds is 22. The molecule has 0 rings (SSSR count). The molecule has 4 nitrogen and oxygen atoms in total. The van der Waals surface area contributed by atoms with Gasteiger partial charge in [-0.05, 0) is 12.8 Å². The summed E-state index contributed by atoms with van der Waals surface area (Å²) in [5.41, 5.74) is 2.60. The molecule has 0 aliphatic rings. The van der Waals surface area contributed by atoms with Gasteiger partial charge >= 0.3 is 0 Å². The summed E-state index contributed by atoms with van der Waals surface area (Å²) in [6, 6.07) is 0. The lowest BCUT2D eigenvalue weighted by molar-refractivity contribution is -0.131. The van der Waals surface area contributed by atoms with Gasteiger partial charge in [0.15, 0.2) is 0 Å². The minimum Gasteiger partial charge on any atom is -0.396 e. The molecular weight excluding hydrogens is 338 g/mol. The topological polar surface area (TPSA) is 61.7 Å². The first-order valence-corrected chi connectivity index (χ1v) is 11.9. The highest BCUT2D eigenvalue weighted by atomic mass is 16.7. The van der Waals surface area contributed by atoms with Crippen molar-refractivity contribution in [3.63, 3.8) is 0 Å². The molecule has 0 saturated heterocycles. The second-order valence-corrected chi connectivity index (χ2v) is 8.12. The van der Waals surface area contributed by atoms with Crippen molar-refractivity contribution in [2.24, 2.45) is 0 Å². The molecule has 0 radical (unpaired) electrons. The Morgan fingerprint density at radius 2 is 1.04 bits per heavy atom. The monoisotopic (exact) mass is 387 g/mol. The molecule has 0 aromatic rings. The number of aliphatic hydroxyl groups is 2. The van der Waals surface area contributed by atoms with E-state index < -0.39 is 5.60 Å². The zero-order valence-electron chi connectivity index (χ0n) is 18.4. The number of hydroxylamine groups is 1. The van der Waals surface area contributed by atoms with Crippen LogP contribution in [0.25, 0.3) is 0 Å². The third kappa shape index (κ3) is 16.5. The standard InChI is InChI=1S/C23H49NO3/c1-3-5-6-7-8-9-10-11-12-13-14-15-16-17-23(18-21-25,19-22-26)27-24-20-4-2/h24-26H,3-22H2,1-2H3. The number of nitrogens with one attached hydrogen (secondary N) is 1. The van der Waals surface area contributed by atoms with Gasteiger partial charge in [-0.15, -0.1) is 0 Å². The molecular formula is C23H49NO3. The van der Waals surface area contributed by atoms with E-state index in [1.807, 2.05) is 0 Å². The van der Waals surface area contributed by atoms with Crippen LogP contribution in [0.15, 0.2) is 0 Å². The first-order valence-electron chi connectivity index (χ1n) is 11.9. The lowest BCUT2D eigenvalue weighted by atomic mass is 9.89. The van der Waals surface area contributed by atoms with Crippen LogP contribution >= 0.6 is 0 Å². The summed E-state index contributed by atoms with van der Waals surface area (Å²) in [4.78, 5) is 5.89.